The van der Waals surface area contributed by atoms with Crippen LogP contribution in [0.1, 0.15) is 40.8 Å². The number of rotatable bonds is 2. The number of carbonyl (C=O) groups is 1. The first kappa shape index (κ1) is 17.2. The monoisotopic (exact) mass is 370 g/mol. The fraction of sp³-hybridized carbons (Fsp3) is 0.368. The summed E-state index contributed by atoms with van der Waals surface area (Å²) in [4.78, 5) is 16.8. The third-order valence-electron chi connectivity index (χ3n) is 5.15. The summed E-state index contributed by atoms with van der Waals surface area (Å²) in [5.41, 5.74) is 6.70. The van der Waals surface area contributed by atoms with Crippen LogP contribution >= 0.6 is 0 Å². The van der Waals surface area contributed by atoms with Crippen molar-refractivity contribution in [3.8, 4) is 0 Å². The molecule has 0 saturated carbocycles. The topological polar surface area (TPSA) is 97.4 Å². The van der Waals surface area contributed by atoms with Gasteiger partial charge in [0.1, 0.15) is 9.92 Å². The van der Waals surface area contributed by atoms with Gasteiger partial charge in [-0.05, 0) is 79.8 Å². The zero-order chi connectivity index (χ0) is 18.3. The Balaban J connectivity index is 1.67. The van der Waals surface area contributed by atoms with Crippen LogP contribution < -0.4 is 10.5 Å². The number of nitrogens with two attached hydrogens (primary N) is 1. The number of urea groups is 1. The van der Waals surface area contributed by atoms with Crippen LogP contribution in [0.25, 0.3) is 0 Å². The Hall–Kier alpha value is -2.25. The molecule has 1 unspecified atom stereocenters. The van der Waals surface area contributed by atoms with Crippen LogP contribution in [0.4, 0.5) is 10.5 Å². The number of carbonyl (C=O) groups excluding carboxylic acids is 1. The van der Waals surface area contributed by atoms with Crippen LogP contribution in [-0.2, 0) is 35.6 Å². The molecule has 0 aliphatic heterocycles. The van der Waals surface area contributed by atoms with Gasteiger partial charge < -0.3 is 5.32 Å². The van der Waals surface area contributed by atoms with Crippen LogP contribution in [0.15, 0.2) is 33.7 Å². The van der Waals surface area contributed by atoms with Crippen LogP contribution in [-0.4, -0.2) is 15.2 Å². The van der Waals surface area contributed by atoms with Crippen LogP contribution in [0.2, 0.25) is 0 Å². The lowest BCUT2D eigenvalue weighted by molar-refractivity contribution is 0.260. The SMILES string of the molecule is Cc1ccc(S(N)(=O)=NC(=O)Nc2c3c(cc4c2CCC4)CCC3)cn1. The predicted octanol–water partition coefficient (Wildman–Crippen LogP) is 3.30. The zero-order valence-corrected chi connectivity index (χ0v) is 15.6. The molecule has 136 valence electrons. The van der Waals surface area contributed by atoms with E-state index < -0.39 is 15.9 Å². The highest BCUT2D eigenvalue weighted by atomic mass is 32.2. The van der Waals surface area contributed by atoms with Gasteiger partial charge in [-0.3, -0.25) is 4.98 Å². The van der Waals surface area contributed by atoms with Crippen LogP contribution in [0, 0.1) is 6.92 Å². The zero-order valence-electron chi connectivity index (χ0n) is 14.7. The number of benzene rings is 1. The van der Waals surface area contributed by atoms with Crippen molar-refractivity contribution in [1.82, 2.24) is 4.98 Å². The summed E-state index contributed by atoms with van der Waals surface area (Å²) in [5.74, 6) is 0. The van der Waals surface area contributed by atoms with Gasteiger partial charge in [-0.1, -0.05) is 6.07 Å². The van der Waals surface area contributed by atoms with Crippen molar-refractivity contribution in [2.45, 2.75) is 50.3 Å². The third-order valence-corrected chi connectivity index (χ3v) is 6.50. The number of aryl methyl sites for hydroxylation is 3. The predicted molar refractivity (Wildman–Crippen MR) is 102 cm³/mol. The summed E-state index contributed by atoms with van der Waals surface area (Å²) < 4.78 is 16.4. The minimum absolute atomic E-state index is 0.252. The van der Waals surface area contributed by atoms with E-state index in [2.05, 4.69) is 20.7 Å². The van der Waals surface area contributed by atoms with E-state index >= 15 is 0 Å². The molecule has 0 saturated heterocycles. The average Bonchev–Trinajstić information content (AvgIpc) is 3.23. The maximum absolute atomic E-state index is 12.7. The number of amides is 2. The number of pyridine rings is 1. The summed E-state index contributed by atoms with van der Waals surface area (Å²) in [7, 11) is -3.32. The van der Waals surface area contributed by atoms with Crippen molar-refractivity contribution in [2.75, 3.05) is 5.32 Å². The molecule has 6 nitrogen and oxygen atoms in total. The highest BCUT2D eigenvalue weighted by molar-refractivity contribution is 7.91. The Morgan fingerprint density at radius 2 is 1.81 bits per heavy atom. The van der Waals surface area contributed by atoms with Gasteiger partial charge in [-0.15, -0.1) is 4.36 Å². The first-order valence-electron chi connectivity index (χ1n) is 8.89. The van der Waals surface area contributed by atoms with Crippen molar-refractivity contribution < 1.29 is 9.00 Å². The van der Waals surface area contributed by atoms with Gasteiger partial charge >= 0.3 is 6.03 Å². The number of fused-ring (bicyclic) bond motifs is 2. The molecule has 2 amide bonds. The molecule has 4 rings (SSSR count). The smallest absolute Gasteiger partial charge is 0.305 e. The fourth-order valence-corrected chi connectivity index (χ4v) is 4.76. The van der Waals surface area contributed by atoms with E-state index in [1.165, 1.54) is 28.5 Å². The Kier molecular flexibility index (Phi) is 4.28. The normalized spacial score (nSPS) is 17.3. The van der Waals surface area contributed by atoms with Gasteiger partial charge in [0.15, 0.2) is 0 Å². The average molecular weight is 370 g/mol. The number of anilines is 1. The van der Waals surface area contributed by atoms with Gasteiger partial charge in [-0.2, -0.15) is 0 Å². The second-order valence-corrected chi connectivity index (χ2v) is 8.75. The number of nitrogens with zero attached hydrogens (tertiary/aromatic N) is 2. The van der Waals surface area contributed by atoms with E-state index in [1.807, 2.05) is 6.92 Å². The molecule has 2 aliphatic rings. The second-order valence-electron chi connectivity index (χ2n) is 6.96. The van der Waals surface area contributed by atoms with E-state index in [0.717, 1.165) is 49.9 Å². The highest BCUT2D eigenvalue weighted by Gasteiger charge is 2.25. The van der Waals surface area contributed by atoms with Crippen molar-refractivity contribution in [2.24, 2.45) is 9.50 Å². The number of aromatic nitrogens is 1. The quantitative estimate of drug-likeness (QED) is 0.848. The summed E-state index contributed by atoms with van der Waals surface area (Å²) >= 11 is 0. The van der Waals surface area contributed by atoms with E-state index in [9.17, 15) is 9.00 Å². The molecule has 26 heavy (non-hydrogen) atoms. The fourth-order valence-electron chi connectivity index (χ4n) is 3.90. The summed E-state index contributed by atoms with van der Waals surface area (Å²) in [6.07, 6.45) is 7.61. The van der Waals surface area contributed by atoms with E-state index in [-0.39, 0.29) is 4.90 Å². The van der Waals surface area contributed by atoms with Crippen molar-refractivity contribution >= 4 is 21.6 Å². The van der Waals surface area contributed by atoms with Crippen molar-refractivity contribution in [1.29, 1.82) is 0 Å². The summed E-state index contributed by atoms with van der Waals surface area (Å²) in [6, 6.07) is 4.93. The molecule has 7 heteroatoms. The van der Waals surface area contributed by atoms with Crippen LogP contribution in [0.3, 0.4) is 0 Å². The molecule has 0 radical (unpaired) electrons. The lowest BCUT2D eigenvalue weighted by Crippen LogP contribution is -2.19. The molecule has 1 heterocycles. The van der Waals surface area contributed by atoms with Crippen molar-refractivity contribution in [3.05, 3.63) is 52.3 Å². The summed E-state index contributed by atoms with van der Waals surface area (Å²) in [5, 5.41) is 8.72. The van der Waals surface area contributed by atoms with E-state index in [4.69, 9.17) is 5.14 Å². The Bertz CT molecular complexity index is 973. The largest absolute Gasteiger partial charge is 0.354 e. The molecule has 2 aromatic rings. The third kappa shape index (κ3) is 3.12. The molecule has 0 spiro atoms. The van der Waals surface area contributed by atoms with Gasteiger partial charge in [0.05, 0.1) is 4.90 Å². The van der Waals surface area contributed by atoms with E-state index in [0.29, 0.717) is 0 Å². The number of hydrogen-bond donors (Lipinski definition) is 2. The molecular weight excluding hydrogens is 348 g/mol. The van der Waals surface area contributed by atoms with Gasteiger partial charge in [0.25, 0.3) is 0 Å². The standard InChI is InChI=1S/C19H22N4O2S/c1-12-8-9-15(11-21-12)26(20,25)23-19(24)22-18-16-6-2-4-13(16)10-14-5-3-7-17(14)18/h8-11H,2-7H2,1H3,(H3,20,22,23,24,25). The molecule has 1 aromatic heterocycles. The minimum Gasteiger partial charge on any atom is -0.305 e. The Labute approximate surface area is 153 Å². The van der Waals surface area contributed by atoms with E-state index in [1.54, 1.807) is 12.1 Å². The number of hydrogen-bond acceptors (Lipinski definition) is 3. The lowest BCUT2D eigenvalue weighted by Gasteiger charge is -2.15. The maximum atomic E-state index is 12.7. The van der Waals surface area contributed by atoms with Gasteiger partial charge in [-0.25, -0.2) is 14.1 Å². The second kappa shape index (κ2) is 6.48. The molecule has 1 aromatic carbocycles. The molecular formula is C19H22N4O2S. The first-order valence-corrected chi connectivity index (χ1v) is 10.5. The number of nitrogens with one attached hydrogen (secondary N) is 1. The molecule has 0 fully saturated rings. The molecule has 2 aliphatic carbocycles. The maximum Gasteiger partial charge on any atom is 0.354 e. The summed E-state index contributed by atoms with van der Waals surface area (Å²) in [6.45, 7) is 1.82. The lowest BCUT2D eigenvalue weighted by atomic mass is 9.99. The van der Waals surface area contributed by atoms with Crippen molar-refractivity contribution in [3.63, 3.8) is 0 Å². The van der Waals surface area contributed by atoms with Crippen LogP contribution in [0.5, 0.6) is 0 Å². The van der Waals surface area contributed by atoms with Gasteiger partial charge in [0.2, 0.25) is 0 Å². The molecule has 0 bridgehead atoms. The first-order chi connectivity index (χ1) is 12.4. The van der Waals surface area contributed by atoms with Gasteiger partial charge in [0, 0.05) is 17.6 Å². The Morgan fingerprint density at radius 3 is 2.38 bits per heavy atom. The minimum atomic E-state index is -3.32. The highest BCUT2D eigenvalue weighted by Crippen LogP contribution is 2.38. The Morgan fingerprint density at radius 1 is 1.15 bits per heavy atom. The molecule has 3 N–H and O–H groups in total. The molecule has 1 atom stereocenters.